The van der Waals surface area contributed by atoms with Gasteiger partial charge in [-0.3, -0.25) is 5.01 Å². The lowest BCUT2D eigenvalue weighted by atomic mass is 9.99. The minimum atomic E-state index is 0.198. The third-order valence-corrected chi connectivity index (χ3v) is 2.09. The second-order valence-electron chi connectivity index (χ2n) is 4.87. The minimum absolute atomic E-state index is 0.198. The van der Waals surface area contributed by atoms with E-state index in [0.29, 0.717) is 0 Å². The predicted molar refractivity (Wildman–Crippen MR) is 57.0 cm³/mol. The molecule has 0 amide bonds. The second kappa shape index (κ2) is 4.09. The molecule has 0 radical (unpaired) electrons. The zero-order valence-electron chi connectivity index (χ0n) is 9.25. The Hall–Kier alpha value is -0.570. The van der Waals surface area contributed by atoms with Gasteiger partial charge in [0.1, 0.15) is 0 Å². The van der Waals surface area contributed by atoms with Crippen LogP contribution >= 0.6 is 0 Å². The van der Waals surface area contributed by atoms with Crippen LogP contribution in [0.15, 0.2) is 5.10 Å². The third kappa shape index (κ3) is 4.27. The van der Waals surface area contributed by atoms with E-state index in [-0.39, 0.29) is 5.41 Å². The van der Waals surface area contributed by atoms with Gasteiger partial charge in [-0.25, -0.2) is 0 Å². The van der Waals surface area contributed by atoms with Gasteiger partial charge < -0.3 is 4.90 Å². The van der Waals surface area contributed by atoms with Crippen LogP contribution in [0.1, 0.15) is 20.8 Å². The van der Waals surface area contributed by atoms with Crippen LogP contribution in [0.3, 0.4) is 0 Å². The summed E-state index contributed by atoms with van der Waals surface area (Å²) in [6.07, 6.45) is 2.04. The van der Waals surface area contributed by atoms with Crippen molar-refractivity contribution in [3.63, 3.8) is 0 Å². The first-order valence-corrected chi connectivity index (χ1v) is 4.96. The van der Waals surface area contributed by atoms with Gasteiger partial charge in [-0.1, -0.05) is 20.8 Å². The summed E-state index contributed by atoms with van der Waals surface area (Å²) >= 11 is 0. The Balaban J connectivity index is 2.34. The molecule has 0 aromatic rings. The van der Waals surface area contributed by atoms with Crippen LogP contribution in [-0.2, 0) is 0 Å². The predicted octanol–water partition coefficient (Wildman–Crippen LogP) is 1.27. The van der Waals surface area contributed by atoms with Gasteiger partial charge in [0.15, 0.2) is 0 Å². The summed E-state index contributed by atoms with van der Waals surface area (Å²) < 4.78 is 0. The maximum atomic E-state index is 4.47. The van der Waals surface area contributed by atoms with E-state index in [2.05, 4.69) is 42.8 Å². The highest BCUT2D eigenvalue weighted by Gasteiger charge is 2.12. The normalized spacial score (nSPS) is 21.4. The molecule has 1 aliphatic heterocycles. The number of hydrazone groups is 1. The van der Waals surface area contributed by atoms with Crippen molar-refractivity contribution in [1.82, 2.24) is 9.91 Å². The van der Waals surface area contributed by atoms with Gasteiger partial charge in [-0.15, -0.1) is 0 Å². The Morgan fingerprint density at radius 2 is 1.62 bits per heavy atom. The first-order chi connectivity index (χ1) is 5.97. The summed E-state index contributed by atoms with van der Waals surface area (Å²) in [5, 5.41) is 6.63. The van der Waals surface area contributed by atoms with Crippen molar-refractivity contribution >= 4 is 6.21 Å². The molecule has 0 spiro atoms. The first kappa shape index (κ1) is 10.5. The monoisotopic (exact) mass is 183 g/mol. The second-order valence-corrected chi connectivity index (χ2v) is 4.87. The summed E-state index contributed by atoms with van der Waals surface area (Å²) in [5.74, 6) is 0. The minimum Gasteiger partial charge on any atom is -0.303 e. The molecule has 3 heteroatoms. The van der Waals surface area contributed by atoms with E-state index < -0.39 is 0 Å². The van der Waals surface area contributed by atoms with E-state index in [0.717, 1.165) is 26.2 Å². The molecule has 0 saturated carbocycles. The molecule has 1 saturated heterocycles. The molecule has 0 N–H and O–H groups in total. The van der Waals surface area contributed by atoms with Crippen molar-refractivity contribution in [2.75, 3.05) is 33.2 Å². The molecule has 0 unspecified atom stereocenters. The van der Waals surface area contributed by atoms with E-state index in [1.165, 1.54) is 0 Å². The van der Waals surface area contributed by atoms with Gasteiger partial charge in [0.2, 0.25) is 0 Å². The van der Waals surface area contributed by atoms with E-state index in [1.807, 2.05) is 6.21 Å². The zero-order valence-corrected chi connectivity index (χ0v) is 9.25. The maximum Gasteiger partial charge on any atom is 0.0488 e. The van der Waals surface area contributed by atoms with Crippen molar-refractivity contribution in [1.29, 1.82) is 0 Å². The molecule has 0 aromatic heterocycles. The Kier molecular flexibility index (Phi) is 3.31. The van der Waals surface area contributed by atoms with Crippen LogP contribution in [0.4, 0.5) is 0 Å². The lowest BCUT2D eigenvalue weighted by Gasteiger charge is -2.30. The largest absolute Gasteiger partial charge is 0.303 e. The summed E-state index contributed by atoms with van der Waals surface area (Å²) in [5.41, 5.74) is 0.198. The molecule has 0 atom stereocenters. The average molecular weight is 183 g/mol. The van der Waals surface area contributed by atoms with Crippen LogP contribution in [0.25, 0.3) is 0 Å². The molecule has 0 aliphatic carbocycles. The van der Waals surface area contributed by atoms with E-state index in [9.17, 15) is 0 Å². The average Bonchev–Trinajstić information content (AvgIpc) is 2.02. The highest BCUT2D eigenvalue weighted by molar-refractivity contribution is 5.63. The number of nitrogens with zero attached hydrogens (tertiary/aromatic N) is 3. The van der Waals surface area contributed by atoms with Crippen molar-refractivity contribution in [3.05, 3.63) is 0 Å². The number of rotatable bonds is 1. The molecule has 13 heavy (non-hydrogen) atoms. The van der Waals surface area contributed by atoms with E-state index >= 15 is 0 Å². The Morgan fingerprint density at radius 1 is 1.08 bits per heavy atom. The number of hydrogen-bond donors (Lipinski definition) is 0. The Labute approximate surface area is 81.4 Å². The highest BCUT2D eigenvalue weighted by Crippen LogP contribution is 2.09. The van der Waals surface area contributed by atoms with Gasteiger partial charge in [-0.05, 0) is 12.5 Å². The Bertz CT molecular complexity index is 173. The van der Waals surface area contributed by atoms with Gasteiger partial charge in [-0.2, -0.15) is 5.10 Å². The molecular weight excluding hydrogens is 162 g/mol. The molecule has 1 rings (SSSR count). The molecule has 76 valence electrons. The Morgan fingerprint density at radius 3 is 2.08 bits per heavy atom. The topological polar surface area (TPSA) is 18.8 Å². The van der Waals surface area contributed by atoms with Crippen molar-refractivity contribution in [2.45, 2.75) is 20.8 Å². The van der Waals surface area contributed by atoms with Crippen molar-refractivity contribution in [3.8, 4) is 0 Å². The van der Waals surface area contributed by atoms with Crippen molar-refractivity contribution < 1.29 is 0 Å². The van der Waals surface area contributed by atoms with Crippen LogP contribution < -0.4 is 0 Å². The highest BCUT2D eigenvalue weighted by atomic mass is 15.5. The molecule has 0 bridgehead atoms. The van der Waals surface area contributed by atoms with Crippen LogP contribution in [0.5, 0.6) is 0 Å². The summed E-state index contributed by atoms with van der Waals surface area (Å²) in [7, 11) is 2.16. The zero-order chi connectivity index (χ0) is 9.90. The van der Waals surface area contributed by atoms with Gasteiger partial charge >= 0.3 is 0 Å². The molecule has 1 fully saturated rings. The van der Waals surface area contributed by atoms with Crippen LogP contribution in [0, 0.1) is 5.41 Å². The standard InChI is InChI=1S/C10H21N3/c1-10(2,3)9-11-13-7-5-12(4)6-8-13/h9H,5-8H2,1-4H3/b11-9+. The molecule has 0 aromatic carbocycles. The van der Waals surface area contributed by atoms with Gasteiger partial charge in [0.05, 0.1) is 0 Å². The summed E-state index contributed by atoms with van der Waals surface area (Å²) in [6, 6.07) is 0. The third-order valence-electron chi connectivity index (χ3n) is 2.09. The lowest BCUT2D eigenvalue weighted by molar-refractivity contribution is 0.158. The quantitative estimate of drug-likeness (QED) is 0.570. The van der Waals surface area contributed by atoms with Crippen molar-refractivity contribution in [2.24, 2.45) is 10.5 Å². The van der Waals surface area contributed by atoms with E-state index in [4.69, 9.17) is 0 Å². The molecule has 3 nitrogen and oxygen atoms in total. The van der Waals surface area contributed by atoms with Crippen LogP contribution in [-0.4, -0.2) is 49.4 Å². The van der Waals surface area contributed by atoms with E-state index in [1.54, 1.807) is 0 Å². The lowest BCUT2D eigenvalue weighted by Crippen LogP contribution is -2.42. The SMILES string of the molecule is CN1CCN(/N=C/C(C)(C)C)CC1. The summed E-state index contributed by atoms with van der Waals surface area (Å²) in [4.78, 5) is 2.34. The number of piperazine rings is 1. The van der Waals surface area contributed by atoms with Gasteiger partial charge in [0.25, 0.3) is 0 Å². The number of likely N-dealkylation sites (N-methyl/N-ethyl adjacent to an activating group) is 1. The summed E-state index contributed by atoms with van der Waals surface area (Å²) in [6.45, 7) is 10.9. The fourth-order valence-corrected chi connectivity index (χ4v) is 1.17. The maximum absolute atomic E-state index is 4.47. The van der Waals surface area contributed by atoms with Gasteiger partial charge in [0, 0.05) is 32.4 Å². The smallest absolute Gasteiger partial charge is 0.0488 e. The first-order valence-electron chi connectivity index (χ1n) is 4.96. The fraction of sp³-hybridized carbons (Fsp3) is 0.900. The molecule has 1 aliphatic rings. The molecular formula is C10H21N3. The fourth-order valence-electron chi connectivity index (χ4n) is 1.17. The van der Waals surface area contributed by atoms with Crippen LogP contribution in [0.2, 0.25) is 0 Å². The number of hydrogen-bond acceptors (Lipinski definition) is 3. The molecule has 1 heterocycles.